The van der Waals surface area contributed by atoms with Crippen LogP contribution in [0.5, 0.6) is 0 Å². The van der Waals surface area contributed by atoms with E-state index in [9.17, 15) is 4.79 Å². The van der Waals surface area contributed by atoms with Crippen LogP contribution in [0.3, 0.4) is 0 Å². The van der Waals surface area contributed by atoms with E-state index in [0.29, 0.717) is 0 Å². The minimum Gasteiger partial charge on any atom is -0.372 e. The molecule has 2 fully saturated rings. The zero-order valence-electron chi connectivity index (χ0n) is 14.2. The van der Waals surface area contributed by atoms with E-state index < -0.39 is 0 Å². The Balaban J connectivity index is 1.46. The van der Waals surface area contributed by atoms with E-state index in [-0.39, 0.29) is 24.2 Å². The minimum atomic E-state index is -0.0603. The lowest BCUT2D eigenvalue weighted by Crippen LogP contribution is -2.65. The number of thiophene rings is 1. The molecule has 0 N–H and O–H groups in total. The van der Waals surface area contributed by atoms with Crippen LogP contribution in [0.4, 0.5) is 0 Å². The lowest BCUT2D eigenvalue weighted by molar-refractivity contribution is -0.199. The summed E-state index contributed by atoms with van der Waals surface area (Å²) in [5.74, 6) is 0.0222. The van der Waals surface area contributed by atoms with Crippen LogP contribution in [0.2, 0.25) is 0 Å². The first kappa shape index (κ1) is 16.9. The van der Waals surface area contributed by atoms with Gasteiger partial charge in [-0.15, -0.1) is 11.3 Å². The van der Waals surface area contributed by atoms with E-state index >= 15 is 0 Å². The van der Waals surface area contributed by atoms with E-state index in [1.807, 2.05) is 11.3 Å². The second-order valence-corrected chi connectivity index (χ2v) is 7.92. The van der Waals surface area contributed by atoms with Crippen molar-refractivity contribution in [1.82, 2.24) is 9.80 Å². The van der Waals surface area contributed by atoms with Crippen molar-refractivity contribution >= 4 is 17.2 Å². The fourth-order valence-corrected chi connectivity index (χ4v) is 4.26. The summed E-state index contributed by atoms with van der Waals surface area (Å²) in [7, 11) is 3.51. The van der Waals surface area contributed by atoms with Gasteiger partial charge in [0.2, 0.25) is 5.91 Å². The van der Waals surface area contributed by atoms with Crippen molar-refractivity contribution < 1.29 is 14.3 Å². The summed E-state index contributed by atoms with van der Waals surface area (Å²) in [5, 5.41) is 2.16. The lowest BCUT2D eigenvalue weighted by Gasteiger charge is -2.53. The molecule has 1 atom stereocenters. The molecule has 1 spiro atoms. The number of ether oxygens (including phenoxy) is 2. The molecule has 128 valence electrons. The van der Waals surface area contributed by atoms with Gasteiger partial charge >= 0.3 is 0 Å². The van der Waals surface area contributed by atoms with Gasteiger partial charge in [0.05, 0.1) is 11.7 Å². The van der Waals surface area contributed by atoms with Crippen molar-refractivity contribution in [3.8, 4) is 0 Å². The largest absolute Gasteiger partial charge is 0.372 e. The number of likely N-dealkylation sites (tertiary alicyclic amines) is 1. The van der Waals surface area contributed by atoms with Crippen molar-refractivity contribution in [2.24, 2.45) is 0 Å². The summed E-state index contributed by atoms with van der Waals surface area (Å²) >= 11 is 1.83. The maximum Gasteiger partial charge on any atom is 0.248 e. The molecule has 2 saturated heterocycles. The van der Waals surface area contributed by atoms with Crippen molar-refractivity contribution in [3.05, 3.63) is 21.9 Å². The maximum absolute atomic E-state index is 11.7. The highest BCUT2D eigenvalue weighted by Gasteiger charge is 2.47. The zero-order chi connectivity index (χ0) is 16.4. The summed E-state index contributed by atoms with van der Waals surface area (Å²) in [4.78, 5) is 17.1. The topological polar surface area (TPSA) is 42.0 Å². The van der Waals surface area contributed by atoms with Crippen LogP contribution < -0.4 is 0 Å². The Kier molecular flexibility index (Phi) is 5.06. The molecular weight excluding hydrogens is 312 g/mol. The van der Waals surface area contributed by atoms with Crippen LogP contribution in [-0.4, -0.2) is 67.8 Å². The SMILES string of the molecule is Cc1ccsc1CN1CC2(CC(OCC(=O)N(C)C)CCO2)C1. The molecule has 1 aromatic rings. The van der Waals surface area contributed by atoms with E-state index in [1.165, 1.54) is 10.4 Å². The van der Waals surface area contributed by atoms with Crippen molar-refractivity contribution in [2.75, 3.05) is 40.4 Å². The van der Waals surface area contributed by atoms with E-state index in [4.69, 9.17) is 9.47 Å². The number of carbonyl (C=O) groups excluding carboxylic acids is 1. The van der Waals surface area contributed by atoms with Gasteiger partial charge in [-0.3, -0.25) is 9.69 Å². The Labute approximate surface area is 142 Å². The second-order valence-electron chi connectivity index (χ2n) is 6.92. The fourth-order valence-electron chi connectivity index (χ4n) is 3.31. The molecule has 5 nitrogen and oxygen atoms in total. The molecule has 3 rings (SSSR count). The van der Waals surface area contributed by atoms with Crippen LogP contribution in [0.15, 0.2) is 11.4 Å². The monoisotopic (exact) mass is 338 g/mol. The van der Waals surface area contributed by atoms with Gasteiger partial charge in [0, 0.05) is 51.6 Å². The van der Waals surface area contributed by atoms with Gasteiger partial charge in [-0.2, -0.15) is 0 Å². The second kappa shape index (κ2) is 6.89. The van der Waals surface area contributed by atoms with Crippen LogP contribution >= 0.6 is 11.3 Å². The highest BCUT2D eigenvalue weighted by atomic mass is 32.1. The maximum atomic E-state index is 11.7. The lowest BCUT2D eigenvalue weighted by atomic mass is 9.84. The first-order chi connectivity index (χ1) is 11.0. The highest BCUT2D eigenvalue weighted by molar-refractivity contribution is 7.10. The molecule has 2 aliphatic rings. The first-order valence-electron chi connectivity index (χ1n) is 8.18. The molecule has 2 aliphatic heterocycles. The molecule has 6 heteroatoms. The third kappa shape index (κ3) is 3.94. The third-order valence-corrected chi connectivity index (χ3v) is 5.76. The van der Waals surface area contributed by atoms with Gasteiger partial charge in [-0.05, 0) is 30.4 Å². The Morgan fingerprint density at radius 2 is 2.30 bits per heavy atom. The molecule has 0 radical (unpaired) electrons. The molecule has 23 heavy (non-hydrogen) atoms. The number of likely N-dealkylation sites (N-methyl/N-ethyl adjacent to an activating group) is 1. The molecule has 0 aromatic carbocycles. The first-order valence-corrected chi connectivity index (χ1v) is 9.06. The number of nitrogens with zero attached hydrogens (tertiary/aromatic N) is 2. The van der Waals surface area contributed by atoms with Gasteiger partial charge in [0.1, 0.15) is 6.61 Å². The van der Waals surface area contributed by atoms with Gasteiger partial charge in [-0.25, -0.2) is 0 Å². The molecule has 3 heterocycles. The number of hydrogen-bond donors (Lipinski definition) is 0. The summed E-state index contributed by atoms with van der Waals surface area (Å²) < 4.78 is 11.9. The average molecular weight is 338 g/mol. The van der Waals surface area contributed by atoms with Gasteiger partial charge < -0.3 is 14.4 Å². The highest BCUT2D eigenvalue weighted by Crippen LogP contribution is 2.36. The van der Waals surface area contributed by atoms with E-state index in [2.05, 4.69) is 23.3 Å². The Morgan fingerprint density at radius 1 is 1.52 bits per heavy atom. The van der Waals surface area contributed by atoms with Crippen LogP contribution in [0.25, 0.3) is 0 Å². The number of aryl methyl sites for hydroxylation is 1. The van der Waals surface area contributed by atoms with E-state index in [0.717, 1.165) is 39.1 Å². The number of carbonyl (C=O) groups is 1. The molecular formula is C17H26N2O3S. The number of rotatable bonds is 5. The average Bonchev–Trinajstić information content (AvgIpc) is 2.89. The van der Waals surface area contributed by atoms with Crippen LogP contribution in [-0.2, 0) is 20.8 Å². The summed E-state index contributed by atoms with van der Waals surface area (Å²) in [6.07, 6.45) is 1.92. The fraction of sp³-hybridized carbons (Fsp3) is 0.706. The summed E-state index contributed by atoms with van der Waals surface area (Å²) in [6.45, 7) is 6.01. The quantitative estimate of drug-likeness (QED) is 0.822. The predicted octanol–water partition coefficient (Wildman–Crippen LogP) is 1.89. The number of hydrogen-bond acceptors (Lipinski definition) is 5. The van der Waals surface area contributed by atoms with Crippen molar-refractivity contribution in [2.45, 2.75) is 38.0 Å². The van der Waals surface area contributed by atoms with Crippen molar-refractivity contribution in [3.63, 3.8) is 0 Å². The number of amides is 1. The van der Waals surface area contributed by atoms with E-state index in [1.54, 1.807) is 19.0 Å². The standard InChI is InChI=1S/C17H26N2O3S/c1-13-5-7-23-15(13)9-19-11-17(12-19)8-14(4-6-22-17)21-10-16(20)18(2)3/h5,7,14H,4,6,8-12H2,1-3H3. The Morgan fingerprint density at radius 3 is 2.96 bits per heavy atom. The molecule has 0 aliphatic carbocycles. The predicted molar refractivity (Wildman–Crippen MR) is 90.7 cm³/mol. The Bertz CT molecular complexity index is 552. The van der Waals surface area contributed by atoms with Gasteiger partial charge in [-0.1, -0.05) is 0 Å². The minimum absolute atomic E-state index is 0.0222. The molecule has 1 amide bonds. The van der Waals surface area contributed by atoms with Crippen LogP contribution in [0.1, 0.15) is 23.3 Å². The molecule has 0 saturated carbocycles. The molecule has 1 unspecified atom stereocenters. The summed E-state index contributed by atoms with van der Waals surface area (Å²) in [6, 6.07) is 2.18. The van der Waals surface area contributed by atoms with Gasteiger partial charge in [0.15, 0.2) is 0 Å². The van der Waals surface area contributed by atoms with Crippen LogP contribution in [0, 0.1) is 6.92 Å². The summed E-state index contributed by atoms with van der Waals surface area (Å²) in [5.41, 5.74) is 1.32. The smallest absolute Gasteiger partial charge is 0.248 e. The van der Waals surface area contributed by atoms with Crippen molar-refractivity contribution in [1.29, 1.82) is 0 Å². The molecule has 0 bridgehead atoms. The Hall–Kier alpha value is -0.950. The zero-order valence-corrected chi connectivity index (χ0v) is 15.0. The van der Waals surface area contributed by atoms with Gasteiger partial charge in [0.25, 0.3) is 0 Å². The normalized spacial score (nSPS) is 23.7. The third-order valence-electron chi connectivity index (χ3n) is 4.75. The molecule has 1 aromatic heterocycles.